The summed E-state index contributed by atoms with van der Waals surface area (Å²) in [4.78, 5) is 28.6. The lowest BCUT2D eigenvalue weighted by molar-refractivity contribution is 0.0602. The van der Waals surface area contributed by atoms with E-state index in [1.807, 2.05) is 24.3 Å². The van der Waals surface area contributed by atoms with E-state index in [1.165, 1.54) is 13.3 Å². The Balaban J connectivity index is 2.06. The number of methoxy groups -OCH3 is 1. The highest BCUT2D eigenvalue weighted by Crippen LogP contribution is 2.26. The van der Waals surface area contributed by atoms with E-state index in [9.17, 15) is 9.59 Å². The fourth-order valence-electron chi connectivity index (χ4n) is 2.39. The van der Waals surface area contributed by atoms with Gasteiger partial charge in [-0.15, -0.1) is 0 Å². The molecule has 5 nitrogen and oxygen atoms in total. The minimum atomic E-state index is -0.542. The molecule has 0 aliphatic heterocycles. The molecule has 3 aromatic rings. The fraction of sp³-hybridized carbons (Fsp3) is 0.0556. The third-order valence-electron chi connectivity index (χ3n) is 3.59. The van der Waals surface area contributed by atoms with Gasteiger partial charge in [-0.3, -0.25) is 4.79 Å². The van der Waals surface area contributed by atoms with Crippen molar-refractivity contribution in [3.8, 4) is 0 Å². The summed E-state index contributed by atoms with van der Waals surface area (Å²) in [5.41, 5.74) is 0.792. The van der Waals surface area contributed by atoms with Crippen LogP contribution in [0.3, 0.4) is 0 Å². The van der Waals surface area contributed by atoms with Crippen LogP contribution in [0.15, 0.2) is 53.1 Å². The normalized spacial score (nSPS) is 10.5. The van der Waals surface area contributed by atoms with E-state index in [2.05, 4.69) is 26.2 Å². The van der Waals surface area contributed by atoms with Gasteiger partial charge < -0.3 is 10.1 Å². The maximum Gasteiger partial charge on any atom is 0.339 e. The van der Waals surface area contributed by atoms with Gasteiger partial charge in [-0.1, -0.05) is 35.9 Å². The van der Waals surface area contributed by atoms with E-state index in [1.54, 1.807) is 18.2 Å². The van der Waals surface area contributed by atoms with Gasteiger partial charge in [-0.25, -0.2) is 9.78 Å². The lowest BCUT2D eigenvalue weighted by Crippen LogP contribution is -2.16. The minimum absolute atomic E-state index is 0.0705. The lowest BCUT2D eigenvalue weighted by Gasteiger charge is -2.12. The number of hydrogen-bond acceptors (Lipinski definition) is 4. The van der Waals surface area contributed by atoms with Crippen molar-refractivity contribution in [3.63, 3.8) is 0 Å². The highest BCUT2D eigenvalue weighted by Gasteiger charge is 2.18. The molecule has 126 valence electrons. The molecular formula is C18H12BrClN2O3. The van der Waals surface area contributed by atoms with Crippen LogP contribution in [0.1, 0.15) is 20.7 Å². The number of pyridine rings is 1. The number of ether oxygens (including phenoxy) is 1. The maximum absolute atomic E-state index is 12.6. The number of carbonyl (C=O) groups excluding carboxylic acids is 2. The topological polar surface area (TPSA) is 68.3 Å². The van der Waals surface area contributed by atoms with Gasteiger partial charge in [0.15, 0.2) is 0 Å². The predicted molar refractivity (Wildman–Crippen MR) is 100 cm³/mol. The van der Waals surface area contributed by atoms with Crippen molar-refractivity contribution < 1.29 is 14.3 Å². The number of fused-ring (bicyclic) bond motifs is 1. The van der Waals surface area contributed by atoms with Crippen molar-refractivity contribution in [1.29, 1.82) is 0 Å². The molecule has 0 fully saturated rings. The zero-order chi connectivity index (χ0) is 18.0. The van der Waals surface area contributed by atoms with Crippen molar-refractivity contribution >= 4 is 55.9 Å². The Kier molecular flexibility index (Phi) is 5.01. The number of nitrogens with zero attached hydrogens (tertiary/aromatic N) is 1. The third-order valence-corrected chi connectivity index (χ3v) is 4.32. The van der Waals surface area contributed by atoms with Gasteiger partial charge in [0.25, 0.3) is 5.91 Å². The van der Waals surface area contributed by atoms with Crippen LogP contribution >= 0.6 is 27.5 Å². The molecule has 3 rings (SSSR count). The van der Waals surface area contributed by atoms with Crippen LogP contribution < -0.4 is 5.32 Å². The first-order valence-corrected chi connectivity index (χ1v) is 8.40. The Labute approximate surface area is 157 Å². The molecule has 7 heteroatoms. The molecule has 0 spiro atoms. The number of amides is 1. The summed E-state index contributed by atoms with van der Waals surface area (Å²) in [6.07, 6.45) is 1.50. The first-order valence-electron chi connectivity index (χ1n) is 7.23. The van der Waals surface area contributed by atoms with Gasteiger partial charge in [0, 0.05) is 10.7 Å². The standard InChI is InChI=1S/C18H12BrClN2O3/c1-25-18(24)13-6-10-4-2-3-5-11(10)7-15(13)22-17(23)14-8-12(19)9-21-16(14)20/h2-9H,1H3,(H,22,23). The van der Waals surface area contributed by atoms with Gasteiger partial charge in [0.2, 0.25) is 0 Å². The quantitative estimate of drug-likeness (QED) is 0.494. The highest BCUT2D eigenvalue weighted by atomic mass is 79.9. The zero-order valence-corrected chi connectivity index (χ0v) is 15.4. The third kappa shape index (κ3) is 3.65. The fourth-order valence-corrected chi connectivity index (χ4v) is 2.91. The predicted octanol–water partition coefficient (Wildman–Crippen LogP) is 4.69. The number of halogens is 2. The Bertz CT molecular complexity index is 991. The summed E-state index contributed by atoms with van der Waals surface area (Å²) in [6, 6.07) is 12.5. The van der Waals surface area contributed by atoms with Crippen LogP contribution in [-0.2, 0) is 4.74 Å². The van der Waals surface area contributed by atoms with Crippen LogP contribution in [0.4, 0.5) is 5.69 Å². The van der Waals surface area contributed by atoms with E-state index in [0.717, 1.165) is 10.8 Å². The molecule has 0 saturated carbocycles. The number of hydrogen-bond donors (Lipinski definition) is 1. The molecule has 2 aromatic carbocycles. The first kappa shape index (κ1) is 17.4. The number of benzene rings is 2. The Hall–Kier alpha value is -2.44. The number of esters is 1. The molecule has 25 heavy (non-hydrogen) atoms. The lowest BCUT2D eigenvalue weighted by atomic mass is 10.0. The molecule has 1 N–H and O–H groups in total. The van der Waals surface area contributed by atoms with Crippen LogP contribution in [0.2, 0.25) is 5.15 Å². The van der Waals surface area contributed by atoms with Gasteiger partial charge in [-0.2, -0.15) is 0 Å². The van der Waals surface area contributed by atoms with Crippen LogP contribution in [0.5, 0.6) is 0 Å². The molecule has 1 amide bonds. The largest absolute Gasteiger partial charge is 0.465 e. The second-order valence-electron chi connectivity index (χ2n) is 5.18. The Morgan fingerprint density at radius 2 is 1.80 bits per heavy atom. The average molecular weight is 420 g/mol. The molecular weight excluding hydrogens is 408 g/mol. The smallest absolute Gasteiger partial charge is 0.339 e. The number of aromatic nitrogens is 1. The maximum atomic E-state index is 12.6. The molecule has 1 heterocycles. The first-order chi connectivity index (χ1) is 12.0. The molecule has 0 aliphatic carbocycles. The molecule has 1 aromatic heterocycles. The van der Waals surface area contributed by atoms with Crippen molar-refractivity contribution in [3.05, 3.63) is 69.4 Å². The number of nitrogens with one attached hydrogen (secondary N) is 1. The van der Waals surface area contributed by atoms with Gasteiger partial charge in [0.1, 0.15) is 5.15 Å². The molecule has 0 aliphatic rings. The SMILES string of the molecule is COC(=O)c1cc2ccccc2cc1NC(=O)c1cc(Br)cnc1Cl. The van der Waals surface area contributed by atoms with Crippen molar-refractivity contribution in [2.75, 3.05) is 12.4 Å². The number of rotatable bonds is 3. The van der Waals surface area contributed by atoms with Crippen LogP contribution in [-0.4, -0.2) is 24.0 Å². The zero-order valence-electron chi connectivity index (χ0n) is 13.0. The summed E-state index contributed by atoms with van der Waals surface area (Å²) < 4.78 is 5.44. The van der Waals surface area contributed by atoms with Crippen LogP contribution in [0.25, 0.3) is 10.8 Å². The monoisotopic (exact) mass is 418 g/mol. The van der Waals surface area contributed by atoms with E-state index < -0.39 is 11.9 Å². The van der Waals surface area contributed by atoms with Gasteiger partial charge >= 0.3 is 5.97 Å². The van der Waals surface area contributed by atoms with Crippen molar-refractivity contribution in [1.82, 2.24) is 4.98 Å². The van der Waals surface area contributed by atoms with Gasteiger partial charge in [0.05, 0.1) is 23.9 Å². The molecule has 0 saturated heterocycles. The number of anilines is 1. The summed E-state index contributed by atoms with van der Waals surface area (Å²) in [6.45, 7) is 0. The van der Waals surface area contributed by atoms with Crippen molar-refractivity contribution in [2.45, 2.75) is 0 Å². The minimum Gasteiger partial charge on any atom is -0.465 e. The second kappa shape index (κ2) is 7.21. The van der Waals surface area contributed by atoms with Crippen LogP contribution in [0, 0.1) is 0 Å². The summed E-state index contributed by atoms with van der Waals surface area (Å²) in [7, 11) is 1.29. The van der Waals surface area contributed by atoms with E-state index in [-0.39, 0.29) is 16.3 Å². The molecule has 0 unspecified atom stereocenters. The van der Waals surface area contributed by atoms with Gasteiger partial charge in [-0.05, 0) is 44.9 Å². The van der Waals surface area contributed by atoms with E-state index in [4.69, 9.17) is 16.3 Å². The Morgan fingerprint density at radius 3 is 2.48 bits per heavy atom. The average Bonchev–Trinajstić information content (AvgIpc) is 2.62. The molecule has 0 bridgehead atoms. The summed E-state index contributed by atoms with van der Waals surface area (Å²) in [5.74, 6) is -1.02. The second-order valence-corrected chi connectivity index (χ2v) is 6.46. The molecule has 0 atom stereocenters. The highest BCUT2D eigenvalue weighted by molar-refractivity contribution is 9.10. The molecule has 0 radical (unpaired) electrons. The van der Waals surface area contributed by atoms with E-state index >= 15 is 0 Å². The van der Waals surface area contributed by atoms with E-state index in [0.29, 0.717) is 10.2 Å². The van der Waals surface area contributed by atoms with Crippen molar-refractivity contribution in [2.24, 2.45) is 0 Å². The Morgan fingerprint density at radius 1 is 1.12 bits per heavy atom. The number of carbonyl (C=O) groups is 2. The summed E-state index contributed by atoms with van der Waals surface area (Å²) >= 11 is 9.25. The summed E-state index contributed by atoms with van der Waals surface area (Å²) in [5, 5.41) is 4.53.